The first kappa shape index (κ1) is 18.3. The minimum Gasteiger partial charge on any atom is -0.497 e. The lowest BCUT2D eigenvalue weighted by atomic mass is 9.98. The largest absolute Gasteiger partial charge is 0.497 e. The van der Waals surface area contributed by atoms with Crippen molar-refractivity contribution in [2.24, 2.45) is 5.92 Å². The van der Waals surface area contributed by atoms with E-state index in [0.29, 0.717) is 13.0 Å². The number of carbonyl (C=O) groups excluding carboxylic acids is 2. The number of rotatable bonds is 7. The van der Waals surface area contributed by atoms with Crippen molar-refractivity contribution in [1.29, 1.82) is 0 Å². The molecule has 6 heteroatoms. The zero-order chi connectivity index (χ0) is 17.4. The topological polar surface area (TPSA) is 69.1 Å². The van der Waals surface area contributed by atoms with E-state index in [1.807, 2.05) is 31.2 Å². The van der Waals surface area contributed by atoms with Crippen LogP contribution in [0.15, 0.2) is 24.3 Å². The Hall–Kier alpha value is -2.08. The molecule has 2 N–H and O–H groups in total. The van der Waals surface area contributed by atoms with Crippen LogP contribution in [-0.4, -0.2) is 45.2 Å². The van der Waals surface area contributed by atoms with Crippen LogP contribution in [0.4, 0.5) is 5.69 Å². The maximum absolute atomic E-state index is 12.1. The van der Waals surface area contributed by atoms with E-state index in [4.69, 9.17) is 9.47 Å². The number of quaternary nitrogens is 1. The average molecular weight is 335 g/mol. The van der Waals surface area contributed by atoms with Crippen LogP contribution < -0.4 is 15.0 Å². The van der Waals surface area contributed by atoms with E-state index in [2.05, 4.69) is 5.32 Å². The Morgan fingerprint density at radius 1 is 1.29 bits per heavy atom. The Kier molecular flexibility index (Phi) is 7.06. The predicted octanol–water partition coefficient (Wildman–Crippen LogP) is 0.882. The number of piperidine rings is 1. The van der Waals surface area contributed by atoms with Gasteiger partial charge in [-0.25, -0.2) is 0 Å². The Morgan fingerprint density at radius 2 is 2.04 bits per heavy atom. The standard InChI is InChI=1S/C18H26N2O4/c1-3-24-18(22)14-5-4-11-20(13-14)12-10-17(21)19-15-6-8-16(23-2)9-7-15/h6-9,14H,3-5,10-13H2,1-2H3,(H,19,21)/p+1/t14-/m1/s1. The smallest absolute Gasteiger partial charge is 0.314 e. The first-order valence-corrected chi connectivity index (χ1v) is 8.56. The first-order chi connectivity index (χ1) is 11.6. The number of anilines is 1. The summed E-state index contributed by atoms with van der Waals surface area (Å²) in [6.45, 7) is 4.75. The maximum Gasteiger partial charge on any atom is 0.314 e. The molecule has 1 saturated heterocycles. The average Bonchev–Trinajstić information content (AvgIpc) is 2.61. The van der Waals surface area contributed by atoms with E-state index in [0.717, 1.165) is 43.9 Å². The van der Waals surface area contributed by atoms with Crippen LogP contribution in [0.1, 0.15) is 26.2 Å². The van der Waals surface area contributed by atoms with Crippen LogP contribution in [0.3, 0.4) is 0 Å². The summed E-state index contributed by atoms with van der Waals surface area (Å²) in [6, 6.07) is 7.27. The third-order valence-corrected chi connectivity index (χ3v) is 4.32. The van der Waals surface area contributed by atoms with Gasteiger partial charge >= 0.3 is 5.97 Å². The van der Waals surface area contributed by atoms with Gasteiger partial charge in [0, 0.05) is 5.69 Å². The molecule has 1 heterocycles. The van der Waals surface area contributed by atoms with Crippen LogP contribution in [-0.2, 0) is 14.3 Å². The number of ether oxygens (including phenoxy) is 2. The summed E-state index contributed by atoms with van der Waals surface area (Å²) in [6.07, 6.45) is 2.33. The van der Waals surface area contributed by atoms with Gasteiger partial charge < -0.3 is 19.7 Å². The highest BCUT2D eigenvalue weighted by Crippen LogP contribution is 2.15. The van der Waals surface area contributed by atoms with Gasteiger partial charge in [0.25, 0.3) is 0 Å². The Morgan fingerprint density at radius 3 is 2.71 bits per heavy atom. The molecule has 1 fully saturated rings. The van der Waals surface area contributed by atoms with Crippen molar-refractivity contribution >= 4 is 17.6 Å². The number of benzene rings is 1. The van der Waals surface area contributed by atoms with Gasteiger partial charge in [-0.05, 0) is 44.0 Å². The highest BCUT2D eigenvalue weighted by Gasteiger charge is 2.29. The second-order valence-corrected chi connectivity index (χ2v) is 6.07. The molecule has 1 unspecified atom stereocenters. The van der Waals surface area contributed by atoms with Gasteiger partial charge in [-0.3, -0.25) is 9.59 Å². The summed E-state index contributed by atoms with van der Waals surface area (Å²) in [5.41, 5.74) is 0.763. The molecule has 24 heavy (non-hydrogen) atoms. The molecule has 1 amide bonds. The monoisotopic (exact) mass is 335 g/mol. The molecule has 0 saturated carbocycles. The van der Waals surface area contributed by atoms with Crippen LogP contribution in [0.2, 0.25) is 0 Å². The summed E-state index contributed by atoms with van der Waals surface area (Å²) < 4.78 is 10.2. The molecule has 0 bridgehead atoms. The first-order valence-electron chi connectivity index (χ1n) is 8.56. The summed E-state index contributed by atoms with van der Waals surface area (Å²) >= 11 is 0. The van der Waals surface area contributed by atoms with E-state index in [-0.39, 0.29) is 17.8 Å². The Bertz CT molecular complexity index is 544. The molecule has 1 aliphatic heterocycles. The van der Waals surface area contributed by atoms with Crippen LogP contribution in [0.25, 0.3) is 0 Å². The number of likely N-dealkylation sites (tertiary alicyclic amines) is 1. The lowest BCUT2D eigenvalue weighted by Crippen LogP contribution is -3.13. The summed E-state index contributed by atoms with van der Waals surface area (Å²) in [5.74, 6) is 0.623. The quantitative estimate of drug-likeness (QED) is 0.726. The van der Waals surface area contributed by atoms with E-state index >= 15 is 0 Å². The second kappa shape index (κ2) is 9.27. The lowest BCUT2D eigenvalue weighted by Gasteiger charge is -2.28. The van der Waals surface area contributed by atoms with Crippen molar-refractivity contribution in [2.45, 2.75) is 26.2 Å². The minimum atomic E-state index is -0.0996. The van der Waals surface area contributed by atoms with Crippen LogP contribution >= 0.6 is 0 Å². The molecule has 0 radical (unpaired) electrons. The van der Waals surface area contributed by atoms with E-state index in [1.165, 1.54) is 4.90 Å². The van der Waals surface area contributed by atoms with Gasteiger partial charge in [0.1, 0.15) is 11.7 Å². The molecule has 2 atom stereocenters. The van der Waals surface area contributed by atoms with Crippen molar-refractivity contribution in [2.75, 3.05) is 38.7 Å². The molecule has 0 spiro atoms. The molecule has 1 aliphatic rings. The maximum atomic E-state index is 12.1. The summed E-state index contributed by atoms with van der Waals surface area (Å²) in [4.78, 5) is 25.2. The summed E-state index contributed by atoms with van der Waals surface area (Å²) in [5, 5.41) is 2.89. The number of nitrogens with one attached hydrogen (secondary N) is 2. The van der Waals surface area contributed by atoms with Crippen molar-refractivity contribution in [1.82, 2.24) is 0 Å². The molecule has 1 aromatic carbocycles. The third kappa shape index (κ3) is 5.53. The van der Waals surface area contributed by atoms with Gasteiger partial charge in [-0.2, -0.15) is 0 Å². The lowest BCUT2D eigenvalue weighted by molar-refractivity contribution is -0.906. The van der Waals surface area contributed by atoms with E-state index in [9.17, 15) is 9.59 Å². The van der Waals surface area contributed by atoms with Crippen molar-refractivity contribution < 1.29 is 24.0 Å². The number of carbonyl (C=O) groups is 2. The Labute approximate surface area is 143 Å². The van der Waals surface area contributed by atoms with Gasteiger partial charge in [-0.1, -0.05) is 0 Å². The van der Waals surface area contributed by atoms with Crippen molar-refractivity contribution in [3.05, 3.63) is 24.3 Å². The molecule has 6 nitrogen and oxygen atoms in total. The van der Waals surface area contributed by atoms with Crippen LogP contribution in [0, 0.1) is 5.92 Å². The fourth-order valence-corrected chi connectivity index (χ4v) is 3.03. The number of hydrogen-bond donors (Lipinski definition) is 2. The fraction of sp³-hybridized carbons (Fsp3) is 0.556. The zero-order valence-electron chi connectivity index (χ0n) is 14.5. The molecule has 132 valence electrons. The number of esters is 1. The highest BCUT2D eigenvalue weighted by molar-refractivity contribution is 5.90. The number of hydrogen-bond acceptors (Lipinski definition) is 4. The van der Waals surface area contributed by atoms with E-state index < -0.39 is 0 Å². The molecular weight excluding hydrogens is 308 g/mol. The van der Waals surface area contributed by atoms with Gasteiger partial charge in [0.2, 0.25) is 5.91 Å². The highest BCUT2D eigenvalue weighted by atomic mass is 16.5. The SMILES string of the molecule is CCOC(=O)[C@@H]1CCC[NH+](CCC(=O)Nc2ccc(OC)cc2)C1. The van der Waals surface area contributed by atoms with Gasteiger partial charge in [0.15, 0.2) is 0 Å². The normalized spacial score (nSPS) is 20.2. The molecular formula is C18H27N2O4+. The predicted molar refractivity (Wildman–Crippen MR) is 91.2 cm³/mol. The number of methoxy groups -OCH3 is 1. The molecule has 2 rings (SSSR count). The van der Waals surface area contributed by atoms with Gasteiger partial charge in [0.05, 0.1) is 39.8 Å². The van der Waals surface area contributed by atoms with Gasteiger partial charge in [-0.15, -0.1) is 0 Å². The minimum absolute atomic E-state index is 0.00840. The molecule has 0 aliphatic carbocycles. The fourth-order valence-electron chi connectivity index (χ4n) is 3.03. The van der Waals surface area contributed by atoms with Crippen LogP contribution in [0.5, 0.6) is 5.75 Å². The Balaban J connectivity index is 1.75. The molecule has 1 aromatic rings. The van der Waals surface area contributed by atoms with E-state index in [1.54, 1.807) is 7.11 Å². The second-order valence-electron chi connectivity index (χ2n) is 6.07. The zero-order valence-corrected chi connectivity index (χ0v) is 14.5. The number of amides is 1. The van der Waals surface area contributed by atoms with Crippen molar-refractivity contribution in [3.63, 3.8) is 0 Å². The third-order valence-electron chi connectivity index (χ3n) is 4.32. The molecule has 0 aromatic heterocycles. The van der Waals surface area contributed by atoms with Crippen molar-refractivity contribution in [3.8, 4) is 5.75 Å². The summed E-state index contributed by atoms with van der Waals surface area (Å²) in [7, 11) is 1.61.